The summed E-state index contributed by atoms with van der Waals surface area (Å²) in [5.74, 6) is -2.89. The summed E-state index contributed by atoms with van der Waals surface area (Å²) < 4.78 is 30.5. The SMILES string of the molecule is O=C(O)c1cc(S(=O)CC(=O)N2CCOCC2)ccc1F. The summed E-state index contributed by atoms with van der Waals surface area (Å²) in [4.78, 5) is 24.5. The van der Waals surface area contributed by atoms with Crippen molar-refractivity contribution in [2.75, 3.05) is 32.1 Å². The van der Waals surface area contributed by atoms with E-state index in [-0.39, 0.29) is 16.6 Å². The highest BCUT2D eigenvalue weighted by Gasteiger charge is 2.21. The molecular formula is C13H14FNO5S. The van der Waals surface area contributed by atoms with Crippen LogP contribution in [-0.4, -0.2) is 58.1 Å². The second-order valence-corrected chi connectivity index (χ2v) is 5.88. The van der Waals surface area contributed by atoms with E-state index in [1.807, 2.05) is 0 Å². The minimum absolute atomic E-state index is 0.121. The fourth-order valence-electron chi connectivity index (χ4n) is 1.91. The number of ether oxygens (including phenoxy) is 1. The summed E-state index contributed by atoms with van der Waals surface area (Å²) in [6, 6.07) is 3.17. The van der Waals surface area contributed by atoms with Gasteiger partial charge < -0.3 is 14.7 Å². The van der Waals surface area contributed by atoms with Crippen LogP contribution in [0.1, 0.15) is 10.4 Å². The number of rotatable bonds is 4. The van der Waals surface area contributed by atoms with Gasteiger partial charge in [-0.1, -0.05) is 0 Å². The molecule has 0 radical (unpaired) electrons. The molecule has 21 heavy (non-hydrogen) atoms. The van der Waals surface area contributed by atoms with Crippen molar-refractivity contribution in [3.05, 3.63) is 29.6 Å². The standard InChI is InChI=1S/C13H14FNO5S/c14-11-2-1-9(7-10(11)13(17)18)21(19)8-12(16)15-3-5-20-6-4-15/h1-2,7H,3-6,8H2,(H,17,18). The zero-order valence-electron chi connectivity index (χ0n) is 11.1. The normalized spacial score (nSPS) is 16.5. The lowest BCUT2D eigenvalue weighted by atomic mass is 10.2. The molecule has 1 aliphatic rings. The smallest absolute Gasteiger partial charge is 0.338 e. The van der Waals surface area contributed by atoms with Gasteiger partial charge in [0.15, 0.2) is 0 Å². The lowest BCUT2D eigenvalue weighted by molar-refractivity contribution is -0.132. The van der Waals surface area contributed by atoms with E-state index in [2.05, 4.69) is 0 Å². The average molecular weight is 315 g/mol. The van der Waals surface area contributed by atoms with E-state index in [9.17, 15) is 18.2 Å². The number of hydrogen-bond donors (Lipinski definition) is 1. The second kappa shape index (κ2) is 6.77. The van der Waals surface area contributed by atoms with Crippen molar-refractivity contribution in [3.63, 3.8) is 0 Å². The summed E-state index contributed by atoms with van der Waals surface area (Å²) in [6.45, 7) is 1.77. The number of hydrogen-bond acceptors (Lipinski definition) is 4. The van der Waals surface area contributed by atoms with Crippen molar-refractivity contribution in [3.8, 4) is 0 Å². The van der Waals surface area contributed by atoms with Crippen LogP contribution in [0.4, 0.5) is 4.39 Å². The summed E-state index contributed by atoms with van der Waals surface area (Å²) in [5, 5.41) is 8.83. The molecule has 1 aliphatic heterocycles. The number of carbonyl (C=O) groups excluding carboxylic acids is 1. The number of carboxylic acids is 1. The van der Waals surface area contributed by atoms with E-state index in [4.69, 9.17) is 9.84 Å². The Bertz CT molecular complexity index is 586. The van der Waals surface area contributed by atoms with E-state index in [1.165, 1.54) is 6.07 Å². The van der Waals surface area contributed by atoms with Gasteiger partial charge in [-0.25, -0.2) is 9.18 Å². The van der Waals surface area contributed by atoms with Gasteiger partial charge in [-0.3, -0.25) is 9.00 Å². The van der Waals surface area contributed by atoms with Crippen LogP contribution < -0.4 is 0 Å². The number of amides is 1. The Morgan fingerprint density at radius 3 is 2.62 bits per heavy atom. The molecular weight excluding hydrogens is 301 g/mol. The minimum atomic E-state index is -1.71. The van der Waals surface area contributed by atoms with Crippen LogP contribution >= 0.6 is 0 Å². The van der Waals surface area contributed by atoms with Gasteiger partial charge in [0.05, 0.1) is 29.6 Å². The third kappa shape index (κ3) is 3.85. The first-order valence-corrected chi connectivity index (χ1v) is 7.57. The maximum Gasteiger partial charge on any atom is 0.338 e. The molecule has 0 saturated carbocycles. The summed E-state index contributed by atoms with van der Waals surface area (Å²) in [5.41, 5.74) is -0.556. The minimum Gasteiger partial charge on any atom is -0.478 e. The van der Waals surface area contributed by atoms with Crippen molar-refractivity contribution in [1.29, 1.82) is 0 Å². The molecule has 1 amide bonds. The first-order chi connectivity index (χ1) is 9.99. The van der Waals surface area contributed by atoms with Crippen LogP contribution in [0.3, 0.4) is 0 Å². The highest BCUT2D eigenvalue weighted by Crippen LogP contribution is 2.15. The molecule has 1 aromatic rings. The third-order valence-electron chi connectivity index (χ3n) is 3.05. The van der Waals surface area contributed by atoms with Crippen LogP contribution in [0, 0.1) is 5.82 Å². The third-order valence-corrected chi connectivity index (χ3v) is 4.34. The van der Waals surface area contributed by atoms with Crippen LogP contribution in [0.15, 0.2) is 23.1 Å². The molecule has 6 nitrogen and oxygen atoms in total. The molecule has 1 atom stereocenters. The van der Waals surface area contributed by atoms with E-state index in [1.54, 1.807) is 4.90 Å². The van der Waals surface area contributed by atoms with E-state index in [0.717, 1.165) is 12.1 Å². The lowest BCUT2D eigenvalue weighted by Gasteiger charge is -2.26. The number of morpholine rings is 1. The van der Waals surface area contributed by atoms with Gasteiger partial charge in [0.25, 0.3) is 0 Å². The van der Waals surface area contributed by atoms with Gasteiger partial charge >= 0.3 is 5.97 Å². The zero-order chi connectivity index (χ0) is 15.4. The van der Waals surface area contributed by atoms with Gasteiger partial charge in [0.1, 0.15) is 11.6 Å². The van der Waals surface area contributed by atoms with Crippen LogP contribution in [0.2, 0.25) is 0 Å². The molecule has 0 aromatic heterocycles. The number of halogens is 1. The molecule has 1 unspecified atom stereocenters. The first-order valence-electron chi connectivity index (χ1n) is 6.26. The summed E-state index contributed by atoms with van der Waals surface area (Å²) >= 11 is 0. The molecule has 2 rings (SSSR count). The second-order valence-electron chi connectivity index (χ2n) is 4.43. The number of aromatic carboxylic acids is 1. The van der Waals surface area contributed by atoms with E-state index >= 15 is 0 Å². The number of nitrogens with zero attached hydrogens (tertiary/aromatic N) is 1. The Kier molecular flexibility index (Phi) is 5.03. The van der Waals surface area contributed by atoms with Crippen molar-refractivity contribution in [1.82, 2.24) is 4.90 Å². The monoisotopic (exact) mass is 315 g/mol. The van der Waals surface area contributed by atoms with Crippen molar-refractivity contribution >= 4 is 22.7 Å². The Hall–Kier alpha value is -1.80. The van der Waals surface area contributed by atoms with Gasteiger partial charge in [0.2, 0.25) is 5.91 Å². The Balaban J connectivity index is 2.07. The quantitative estimate of drug-likeness (QED) is 0.874. The molecule has 0 bridgehead atoms. The number of carbonyl (C=O) groups is 2. The molecule has 1 fully saturated rings. The highest BCUT2D eigenvalue weighted by molar-refractivity contribution is 7.85. The molecule has 8 heteroatoms. The highest BCUT2D eigenvalue weighted by atomic mass is 32.2. The molecule has 1 heterocycles. The molecule has 0 aliphatic carbocycles. The maximum absolute atomic E-state index is 13.3. The maximum atomic E-state index is 13.3. The number of carboxylic acid groups (broad SMARTS) is 1. The predicted molar refractivity (Wildman–Crippen MR) is 72.0 cm³/mol. The Labute approximate surface area is 123 Å². The van der Waals surface area contributed by atoms with E-state index < -0.39 is 28.1 Å². The first kappa shape index (κ1) is 15.6. The molecule has 1 aromatic carbocycles. The largest absolute Gasteiger partial charge is 0.478 e. The summed E-state index contributed by atoms with van der Waals surface area (Å²) in [6.07, 6.45) is 0. The average Bonchev–Trinajstić information content (AvgIpc) is 2.48. The topological polar surface area (TPSA) is 83.9 Å². The van der Waals surface area contributed by atoms with Gasteiger partial charge in [0, 0.05) is 18.0 Å². The van der Waals surface area contributed by atoms with Crippen LogP contribution in [0.25, 0.3) is 0 Å². The van der Waals surface area contributed by atoms with Gasteiger partial charge in [-0.05, 0) is 18.2 Å². The fraction of sp³-hybridized carbons (Fsp3) is 0.385. The molecule has 0 spiro atoms. The van der Waals surface area contributed by atoms with Crippen LogP contribution in [-0.2, 0) is 20.3 Å². The van der Waals surface area contributed by atoms with Crippen molar-refractivity contribution in [2.45, 2.75) is 4.90 Å². The fourth-order valence-corrected chi connectivity index (χ4v) is 2.95. The Morgan fingerprint density at radius 2 is 2.00 bits per heavy atom. The van der Waals surface area contributed by atoms with Crippen LogP contribution in [0.5, 0.6) is 0 Å². The van der Waals surface area contributed by atoms with Gasteiger partial charge in [-0.15, -0.1) is 0 Å². The molecule has 1 N–H and O–H groups in total. The van der Waals surface area contributed by atoms with Gasteiger partial charge in [-0.2, -0.15) is 0 Å². The van der Waals surface area contributed by atoms with Crippen molar-refractivity contribution in [2.24, 2.45) is 0 Å². The lowest BCUT2D eigenvalue weighted by Crippen LogP contribution is -2.42. The van der Waals surface area contributed by atoms with E-state index in [0.29, 0.717) is 26.3 Å². The molecule has 114 valence electrons. The predicted octanol–water partition coefficient (Wildman–Crippen LogP) is 0.490. The number of benzene rings is 1. The zero-order valence-corrected chi connectivity index (χ0v) is 11.9. The molecule has 1 saturated heterocycles. The summed E-state index contributed by atoms with van der Waals surface area (Å²) in [7, 11) is -1.71. The van der Waals surface area contributed by atoms with Crippen molar-refractivity contribution < 1.29 is 28.0 Å². The Morgan fingerprint density at radius 1 is 1.33 bits per heavy atom.